The van der Waals surface area contributed by atoms with Gasteiger partial charge in [-0.15, -0.1) is 0 Å². The maximum absolute atomic E-state index is 13.7. The Morgan fingerprint density at radius 3 is 2.58 bits per heavy atom. The molecule has 0 atom stereocenters. The lowest BCUT2D eigenvalue weighted by atomic mass is 10.1. The molecule has 1 aromatic rings. The first-order valence-corrected chi connectivity index (χ1v) is 8.17. The predicted octanol–water partition coefficient (Wildman–Crippen LogP) is 1.45. The summed E-state index contributed by atoms with van der Waals surface area (Å²) >= 11 is 4.84. The van der Waals surface area contributed by atoms with E-state index in [4.69, 9.17) is 18.0 Å². The largest absolute Gasteiger partial charge is 0.389 e. The van der Waals surface area contributed by atoms with Crippen molar-refractivity contribution < 1.29 is 12.8 Å². The van der Waals surface area contributed by atoms with Crippen LogP contribution >= 0.6 is 12.2 Å². The Morgan fingerprint density at radius 2 is 2.00 bits per heavy atom. The topological polar surface area (TPSA) is 72.2 Å². The van der Waals surface area contributed by atoms with Crippen molar-refractivity contribution in [2.24, 2.45) is 5.73 Å². The lowest BCUT2D eigenvalue weighted by Gasteiger charge is -2.25. The van der Waals surface area contributed by atoms with Gasteiger partial charge in [-0.25, -0.2) is 12.8 Å². The van der Waals surface area contributed by atoms with Gasteiger partial charge in [0.15, 0.2) is 0 Å². The smallest absolute Gasteiger partial charge is 0.150 e. The number of thiocarbonyl (C=S) groups is 1. The van der Waals surface area contributed by atoms with Crippen molar-refractivity contribution in [1.29, 1.82) is 0 Å². The second-order valence-electron chi connectivity index (χ2n) is 4.60. The fourth-order valence-electron chi connectivity index (χ4n) is 2.15. The normalized spacial score (nSPS) is 19.0. The molecular weight excluding hydrogens is 287 g/mol. The van der Waals surface area contributed by atoms with Crippen LogP contribution in [-0.2, 0) is 9.84 Å². The van der Waals surface area contributed by atoms with Crippen LogP contribution in [0.5, 0.6) is 0 Å². The van der Waals surface area contributed by atoms with E-state index in [1.807, 2.05) is 0 Å². The Balaban J connectivity index is 2.16. The summed E-state index contributed by atoms with van der Waals surface area (Å²) in [7, 11) is -2.91. The maximum atomic E-state index is 13.7. The highest BCUT2D eigenvalue weighted by Gasteiger charge is 2.24. The van der Waals surface area contributed by atoms with Gasteiger partial charge in [0.2, 0.25) is 0 Å². The Hall–Kier alpha value is -1.21. The fourth-order valence-corrected chi connectivity index (χ4v) is 3.85. The first-order valence-electron chi connectivity index (χ1n) is 5.94. The van der Waals surface area contributed by atoms with Gasteiger partial charge in [-0.1, -0.05) is 18.3 Å². The average Bonchev–Trinajstić information content (AvgIpc) is 2.31. The number of hydrogen-bond acceptors (Lipinski definition) is 4. The van der Waals surface area contributed by atoms with Crippen LogP contribution in [0.3, 0.4) is 0 Å². The van der Waals surface area contributed by atoms with Crippen LogP contribution in [0.15, 0.2) is 18.2 Å². The molecule has 0 radical (unpaired) electrons. The molecule has 104 valence electrons. The van der Waals surface area contributed by atoms with E-state index in [2.05, 4.69) is 5.32 Å². The molecule has 1 aliphatic rings. The summed E-state index contributed by atoms with van der Waals surface area (Å²) in [6, 6.07) is 4.56. The minimum atomic E-state index is -2.91. The average molecular weight is 302 g/mol. The first kappa shape index (κ1) is 14.2. The molecule has 3 N–H and O–H groups in total. The summed E-state index contributed by atoms with van der Waals surface area (Å²) in [4.78, 5) is -0.0102. The van der Waals surface area contributed by atoms with E-state index in [1.165, 1.54) is 6.07 Å². The molecule has 4 nitrogen and oxygen atoms in total. The van der Waals surface area contributed by atoms with Crippen LogP contribution in [-0.4, -0.2) is 31.0 Å². The summed E-state index contributed by atoms with van der Waals surface area (Å²) in [6.07, 6.45) is 1.02. The van der Waals surface area contributed by atoms with Crippen molar-refractivity contribution in [2.75, 3.05) is 16.8 Å². The number of nitrogens with one attached hydrogen (secondary N) is 1. The molecule has 19 heavy (non-hydrogen) atoms. The number of halogens is 1. The predicted molar refractivity (Wildman–Crippen MR) is 77.6 cm³/mol. The molecule has 0 aliphatic carbocycles. The SMILES string of the molecule is NC(=S)c1c(F)cccc1NC1CCS(=O)(=O)CC1. The molecule has 0 amide bonds. The zero-order valence-electron chi connectivity index (χ0n) is 10.2. The Morgan fingerprint density at radius 1 is 1.37 bits per heavy atom. The molecule has 0 saturated carbocycles. The standard InChI is InChI=1S/C12H15FN2O2S2/c13-9-2-1-3-10(11(9)12(14)18)15-8-4-6-19(16,17)7-5-8/h1-3,8,15H,4-7H2,(H2,14,18). The molecule has 0 bridgehead atoms. The van der Waals surface area contributed by atoms with E-state index in [1.54, 1.807) is 12.1 Å². The Kier molecular flexibility index (Phi) is 4.05. The van der Waals surface area contributed by atoms with Gasteiger partial charge >= 0.3 is 0 Å². The van der Waals surface area contributed by atoms with E-state index in [-0.39, 0.29) is 28.1 Å². The van der Waals surface area contributed by atoms with Crippen LogP contribution in [0.4, 0.5) is 10.1 Å². The third kappa shape index (κ3) is 3.42. The number of rotatable bonds is 3. The van der Waals surface area contributed by atoms with Crippen LogP contribution in [0, 0.1) is 5.82 Å². The minimum Gasteiger partial charge on any atom is -0.389 e. The van der Waals surface area contributed by atoms with E-state index in [9.17, 15) is 12.8 Å². The molecule has 1 saturated heterocycles. The van der Waals surface area contributed by atoms with Gasteiger partial charge < -0.3 is 11.1 Å². The van der Waals surface area contributed by atoms with Crippen molar-refractivity contribution in [3.8, 4) is 0 Å². The van der Waals surface area contributed by atoms with Gasteiger partial charge in [0.25, 0.3) is 0 Å². The maximum Gasteiger partial charge on any atom is 0.150 e. The van der Waals surface area contributed by atoms with Crippen molar-refractivity contribution in [3.63, 3.8) is 0 Å². The lowest BCUT2D eigenvalue weighted by molar-refractivity contribution is 0.559. The molecule has 1 aromatic carbocycles. The van der Waals surface area contributed by atoms with Gasteiger partial charge in [0, 0.05) is 11.7 Å². The van der Waals surface area contributed by atoms with Gasteiger partial charge in [0.05, 0.1) is 17.1 Å². The van der Waals surface area contributed by atoms with Crippen LogP contribution < -0.4 is 11.1 Å². The zero-order chi connectivity index (χ0) is 14.0. The molecule has 0 unspecified atom stereocenters. The fraction of sp³-hybridized carbons (Fsp3) is 0.417. The van der Waals surface area contributed by atoms with E-state index in [0.29, 0.717) is 18.5 Å². The van der Waals surface area contributed by atoms with Crippen molar-refractivity contribution in [2.45, 2.75) is 18.9 Å². The van der Waals surface area contributed by atoms with Crippen molar-refractivity contribution >= 4 is 32.7 Å². The second-order valence-corrected chi connectivity index (χ2v) is 7.34. The van der Waals surface area contributed by atoms with E-state index < -0.39 is 15.7 Å². The molecule has 2 rings (SSSR count). The summed E-state index contributed by atoms with van der Waals surface area (Å²) in [5.41, 5.74) is 6.23. The lowest BCUT2D eigenvalue weighted by Crippen LogP contribution is -2.33. The summed E-state index contributed by atoms with van der Waals surface area (Å²) < 4.78 is 36.4. The highest BCUT2D eigenvalue weighted by molar-refractivity contribution is 7.91. The monoisotopic (exact) mass is 302 g/mol. The zero-order valence-corrected chi connectivity index (χ0v) is 11.9. The Labute approximate surface area is 117 Å². The van der Waals surface area contributed by atoms with Gasteiger partial charge in [-0.05, 0) is 25.0 Å². The number of hydrogen-bond donors (Lipinski definition) is 2. The molecular formula is C12H15FN2O2S2. The van der Waals surface area contributed by atoms with E-state index in [0.717, 1.165) is 0 Å². The molecule has 7 heteroatoms. The van der Waals surface area contributed by atoms with Crippen molar-refractivity contribution in [1.82, 2.24) is 0 Å². The second kappa shape index (κ2) is 5.42. The third-order valence-corrected chi connectivity index (χ3v) is 5.09. The van der Waals surface area contributed by atoms with Crippen LogP contribution in [0.2, 0.25) is 0 Å². The van der Waals surface area contributed by atoms with Gasteiger partial charge in [-0.3, -0.25) is 0 Å². The highest BCUT2D eigenvalue weighted by atomic mass is 32.2. The van der Waals surface area contributed by atoms with E-state index >= 15 is 0 Å². The summed E-state index contributed by atoms with van der Waals surface area (Å²) in [5.74, 6) is -0.161. The summed E-state index contributed by atoms with van der Waals surface area (Å²) in [5, 5.41) is 3.14. The quantitative estimate of drug-likeness (QED) is 0.827. The molecule has 1 fully saturated rings. The molecule has 1 heterocycles. The number of benzene rings is 1. The Bertz CT molecular complexity index is 588. The third-order valence-electron chi connectivity index (χ3n) is 3.17. The minimum absolute atomic E-state index is 0.00146. The van der Waals surface area contributed by atoms with Gasteiger partial charge in [-0.2, -0.15) is 0 Å². The molecule has 0 aromatic heterocycles. The molecule has 0 spiro atoms. The highest BCUT2D eigenvalue weighted by Crippen LogP contribution is 2.23. The number of anilines is 1. The van der Waals surface area contributed by atoms with Crippen LogP contribution in [0.1, 0.15) is 18.4 Å². The number of nitrogens with two attached hydrogens (primary N) is 1. The van der Waals surface area contributed by atoms with Gasteiger partial charge in [0.1, 0.15) is 20.6 Å². The first-order chi connectivity index (χ1) is 8.89. The summed E-state index contributed by atoms with van der Waals surface area (Å²) in [6.45, 7) is 0. The number of sulfone groups is 1. The molecule has 1 aliphatic heterocycles. The van der Waals surface area contributed by atoms with Crippen LogP contribution in [0.25, 0.3) is 0 Å². The van der Waals surface area contributed by atoms with Crippen molar-refractivity contribution in [3.05, 3.63) is 29.6 Å².